The van der Waals surface area contributed by atoms with Gasteiger partial charge in [0.15, 0.2) is 6.10 Å². The summed E-state index contributed by atoms with van der Waals surface area (Å²) < 4.78 is 5.23. The Hall–Kier alpha value is -2.93. The predicted octanol–water partition coefficient (Wildman–Crippen LogP) is 4.28. The monoisotopic (exact) mass is 402 g/mol. The van der Waals surface area contributed by atoms with Gasteiger partial charge >= 0.3 is 5.97 Å². The lowest BCUT2D eigenvalue weighted by Crippen LogP contribution is -2.24. The molecule has 3 rings (SSSR count). The van der Waals surface area contributed by atoms with Crippen molar-refractivity contribution in [3.63, 3.8) is 0 Å². The lowest BCUT2D eigenvalue weighted by atomic mass is 10.1. The number of hydrogen-bond acceptors (Lipinski definition) is 6. The van der Waals surface area contributed by atoms with E-state index in [0.717, 1.165) is 25.9 Å². The SMILES string of the molecule is C[C@H](OC(=O)c1ccc(N2CCCC2)c([N+](=O)[O-])c1)C(=O)c1ccc(Cl)cc1. The average Bonchev–Trinajstić information content (AvgIpc) is 3.22. The van der Waals surface area contributed by atoms with Gasteiger partial charge in [-0.25, -0.2) is 4.79 Å². The van der Waals surface area contributed by atoms with E-state index < -0.39 is 17.0 Å². The van der Waals surface area contributed by atoms with Crippen molar-refractivity contribution in [2.75, 3.05) is 18.0 Å². The van der Waals surface area contributed by atoms with Crippen LogP contribution >= 0.6 is 11.6 Å². The second-order valence-electron chi connectivity index (χ2n) is 6.57. The van der Waals surface area contributed by atoms with Crippen LogP contribution in [0.4, 0.5) is 11.4 Å². The van der Waals surface area contributed by atoms with Crippen LogP contribution in [0.25, 0.3) is 0 Å². The van der Waals surface area contributed by atoms with Crippen LogP contribution in [-0.4, -0.2) is 35.9 Å². The number of ether oxygens (including phenoxy) is 1. The number of rotatable bonds is 6. The van der Waals surface area contributed by atoms with Gasteiger partial charge in [0.25, 0.3) is 5.69 Å². The number of carbonyl (C=O) groups is 2. The summed E-state index contributed by atoms with van der Waals surface area (Å²) in [6.45, 7) is 2.95. The first-order chi connectivity index (χ1) is 13.4. The molecule has 1 aliphatic heterocycles. The molecule has 0 N–H and O–H groups in total. The van der Waals surface area contributed by atoms with E-state index in [0.29, 0.717) is 16.3 Å². The van der Waals surface area contributed by atoms with Crippen molar-refractivity contribution in [3.8, 4) is 0 Å². The number of nitro groups is 1. The third-order valence-electron chi connectivity index (χ3n) is 4.64. The van der Waals surface area contributed by atoms with E-state index in [1.807, 2.05) is 4.90 Å². The van der Waals surface area contributed by atoms with Gasteiger partial charge in [0.05, 0.1) is 10.5 Å². The van der Waals surface area contributed by atoms with E-state index in [1.165, 1.54) is 19.1 Å². The smallest absolute Gasteiger partial charge is 0.339 e. The van der Waals surface area contributed by atoms with E-state index in [-0.39, 0.29) is 17.0 Å². The van der Waals surface area contributed by atoms with Crippen LogP contribution in [0.5, 0.6) is 0 Å². The van der Waals surface area contributed by atoms with Gasteiger partial charge in [-0.15, -0.1) is 0 Å². The van der Waals surface area contributed by atoms with E-state index in [1.54, 1.807) is 30.3 Å². The minimum absolute atomic E-state index is 0.0328. The highest BCUT2D eigenvalue weighted by molar-refractivity contribution is 6.30. The van der Waals surface area contributed by atoms with Gasteiger partial charge in [0.1, 0.15) is 5.69 Å². The maximum atomic E-state index is 12.4. The quantitative estimate of drug-likeness (QED) is 0.310. The molecule has 1 fully saturated rings. The van der Waals surface area contributed by atoms with Gasteiger partial charge in [-0.05, 0) is 56.2 Å². The molecule has 1 aliphatic rings. The van der Waals surface area contributed by atoms with Crippen molar-refractivity contribution in [1.29, 1.82) is 0 Å². The fraction of sp³-hybridized carbons (Fsp3) is 0.300. The average molecular weight is 403 g/mol. The normalized spacial score (nSPS) is 14.6. The van der Waals surface area contributed by atoms with Gasteiger partial charge < -0.3 is 9.64 Å². The predicted molar refractivity (Wildman–Crippen MR) is 105 cm³/mol. The summed E-state index contributed by atoms with van der Waals surface area (Å²) in [5, 5.41) is 12.0. The summed E-state index contributed by atoms with van der Waals surface area (Å²) >= 11 is 5.81. The molecule has 8 heteroatoms. The first-order valence-corrected chi connectivity index (χ1v) is 9.29. The Morgan fingerprint density at radius 2 is 1.71 bits per heavy atom. The number of benzene rings is 2. The Balaban J connectivity index is 1.76. The van der Waals surface area contributed by atoms with E-state index in [9.17, 15) is 19.7 Å². The van der Waals surface area contributed by atoms with Crippen LogP contribution in [-0.2, 0) is 4.74 Å². The number of hydrogen-bond donors (Lipinski definition) is 0. The molecule has 7 nitrogen and oxygen atoms in total. The van der Waals surface area contributed by atoms with E-state index >= 15 is 0 Å². The first-order valence-electron chi connectivity index (χ1n) is 8.91. The Morgan fingerprint density at radius 1 is 1.11 bits per heavy atom. The zero-order chi connectivity index (χ0) is 20.3. The number of ketones is 1. The second kappa shape index (κ2) is 8.39. The molecule has 28 heavy (non-hydrogen) atoms. The third-order valence-corrected chi connectivity index (χ3v) is 4.89. The zero-order valence-electron chi connectivity index (χ0n) is 15.3. The number of nitrogens with zero attached hydrogens (tertiary/aromatic N) is 2. The van der Waals surface area contributed by atoms with Crippen molar-refractivity contribution < 1.29 is 19.2 Å². The number of carbonyl (C=O) groups excluding carboxylic acids is 2. The first kappa shape index (κ1) is 19.8. The van der Waals surface area contributed by atoms with Crippen LogP contribution in [0.1, 0.15) is 40.5 Å². The fourth-order valence-electron chi connectivity index (χ4n) is 3.15. The largest absolute Gasteiger partial charge is 0.451 e. The number of halogens is 1. The van der Waals surface area contributed by atoms with Gasteiger partial charge in [-0.2, -0.15) is 0 Å². The van der Waals surface area contributed by atoms with Gasteiger partial charge in [0.2, 0.25) is 5.78 Å². The van der Waals surface area contributed by atoms with Gasteiger partial charge in [0, 0.05) is 29.7 Å². The molecule has 0 spiro atoms. The molecule has 0 aromatic heterocycles. The molecule has 0 aliphatic carbocycles. The summed E-state index contributed by atoms with van der Waals surface area (Å²) in [5.41, 5.74) is 0.739. The standard InChI is InChI=1S/C20H19ClN2O5/c1-13(19(24)14-4-7-16(21)8-5-14)28-20(25)15-6-9-17(18(12-15)23(26)27)22-10-2-3-11-22/h4-9,12-13H,2-3,10-11H2,1H3/t13-/m0/s1. The Bertz CT molecular complexity index is 907. The van der Waals surface area contributed by atoms with Crippen molar-refractivity contribution in [3.05, 3.63) is 68.7 Å². The number of nitro benzene ring substituents is 1. The topological polar surface area (TPSA) is 89.8 Å². The lowest BCUT2D eigenvalue weighted by molar-refractivity contribution is -0.384. The van der Waals surface area contributed by atoms with Crippen molar-refractivity contribution in [2.24, 2.45) is 0 Å². The molecule has 1 atom stereocenters. The maximum absolute atomic E-state index is 12.4. The molecule has 0 amide bonds. The molecule has 0 bridgehead atoms. The van der Waals surface area contributed by atoms with Crippen LogP contribution < -0.4 is 4.90 Å². The summed E-state index contributed by atoms with van der Waals surface area (Å²) in [7, 11) is 0. The van der Waals surface area contributed by atoms with Gasteiger partial charge in [-0.3, -0.25) is 14.9 Å². The summed E-state index contributed by atoms with van der Waals surface area (Å²) in [4.78, 5) is 37.7. The summed E-state index contributed by atoms with van der Waals surface area (Å²) in [6, 6.07) is 10.5. The zero-order valence-corrected chi connectivity index (χ0v) is 16.0. The van der Waals surface area contributed by atoms with Crippen LogP contribution in [0.15, 0.2) is 42.5 Å². The van der Waals surface area contributed by atoms with Crippen LogP contribution in [0.3, 0.4) is 0 Å². The molecule has 1 heterocycles. The number of anilines is 1. The Kier molecular flexibility index (Phi) is 5.94. The minimum atomic E-state index is -1.04. The molecule has 146 valence electrons. The van der Waals surface area contributed by atoms with Crippen molar-refractivity contribution >= 4 is 34.7 Å². The maximum Gasteiger partial charge on any atom is 0.339 e. The van der Waals surface area contributed by atoms with Crippen LogP contribution in [0.2, 0.25) is 5.02 Å². The van der Waals surface area contributed by atoms with Gasteiger partial charge in [-0.1, -0.05) is 11.6 Å². The molecule has 1 saturated heterocycles. The van der Waals surface area contributed by atoms with E-state index in [2.05, 4.69) is 0 Å². The minimum Gasteiger partial charge on any atom is -0.451 e. The molecule has 0 radical (unpaired) electrons. The lowest BCUT2D eigenvalue weighted by Gasteiger charge is -2.18. The fourth-order valence-corrected chi connectivity index (χ4v) is 3.28. The molecule has 0 saturated carbocycles. The highest BCUT2D eigenvalue weighted by Gasteiger charge is 2.26. The molecule has 0 unspecified atom stereocenters. The molecule has 2 aromatic rings. The molecule has 2 aromatic carbocycles. The Labute approximate surface area is 167 Å². The number of esters is 1. The second-order valence-corrected chi connectivity index (χ2v) is 7.01. The number of Topliss-reactive ketones (excluding diaryl/α,β-unsaturated/α-hetero) is 1. The molecular weight excluding hydrogens is 384 g/mol. The van der Waals surface area contributed by atoms with E-state index in [4.69, 9.17) is 16.3 Å². The Morgan fingerprint density at radius 3 is 2.32 bits per heavy atom. The summed E-state index contributed by atoms with van der Waals surface area (Å²) in [6.07, 6.45) is 0.919. The molecular formula is C20H19ClN2O5. The van der Waals surface area contributed by atoms with Crippen LogP contribution in [0, 0.1) is 10.1 Å². The summed E-state index contributed by atoms with van der Waals surface area (Å²) in [5.74, 6) is -1.17. The highest BCUT2D eigenvalue weighted by atomic mass is 35.5. The third kappa shape index (κ3) is 4.31. The highest BCUT2D eigenvalue weighted by Crippen LogP contribution is 2.32. The van der Waals surface area contributed by atoms with Crippen molar-refractivity contribution in [1.82, 2.24) is 0 Å². The van der Waals surface area contributed by atoms with Crippen molar-refractivity contribution in [2.45, 2.75) is 25.9 Å².